The van der Waals surface area contributed by atoms with Gasteiger partial charge in [-0.05, 0) is 6.92 Å². The van der Waals surface area contributed by atoms with E-state index in [9.17, 15) is 13.3 Å². The highest BCUT2D eigenvalue weighted by Crippen LogP contribution is 2.57. The van der Waals surface area contributed by atoms with E-state index in [1.165, 1.54) is 0 Å². The SMILES string of the molecule is CC1OP(=O)(O)OC1(F)F. The number of hydrogen-bond donors (Lipinski definition) is 1. The monoisotopic (exact) mass is 174 g/mol. The summed E-state index contributed by atoms with van der Waals surface area (Å²) in [5.41, 5.74) is 0. The number of alkyl halides is 2. The Labute approximate surface area is 55.4 Å². The Morgan fingerprint density at radius 2 is 2.20 bits per heavy atom. The van der Waals surface area contributed by atoms with Crippen molar-refractivity contribution in [1.29, 1.82) is 0 Å². The Kier molecular flexibility index (Phi) is 1.60. The first kappa shape index (κ1) is 8.07. The summed E-state index contributed by atoms with van der Waals surface area (Å²) in [6, 6.07) is 0. The predicted molar refractivity (Wildman–Crippen MR) is 26.4 cm³/mol. The van der Waals surface area contributed by atoms with Crippen LogP contribution in [0.4, 0.5) is 8.78 Å². The van der Waals surface area contributed by atoms with E-state index in [0.717, 1.165) is 6.92 Å². The van der Waals surface area contributed by atoms with E-state index in [-0.39, 0.29) is 0 Å². The topological polar surface area (TPSA) is 55.8 Å². The molecule has 0 radical (unpaired) electrons. The van der Waals surface area contributed by atoms with Gasteiger partial charge in [-0.25, -0.2) is 9.09 Å². The van der Waals surface area contributed by atoms with Crippen molar-refractivity contribution in [3.63, 3.8) is 0 Å². The van der Waals surface area contributed by atoms with Crippen LogP contribution in [0, 0.1) is 0 Å². The molecule has 2 unspecified atom stereocenters. The molecule has 0 aromatic carbocycles. The maximum absolute atomic E-state index is 12.2. The third-order valence-electron chi connectivity index (χ3n) is 1.00. The first-order valence-corrected chi connectivity index (χ1v) is 3.93. The van der Waals surface area contributed by atoms with Crippen LogP contribution in [0.5, 0.6) is 0 Å². The third kappa shape index (κ3) is 1.34. The van der Waals surface area contributed by atoms with Gasteiger partial charge in [-0.3, -0.25) is 4.52 Å². The molecule has 0 saturated carbocycles. The molecular weight excluding hydrogens is 169 g/mol. The summed E-state index contributed by atoms with van der Waals surface area (Å²) in [6.07, 6.45) is -5.31. The molecule has 0 bridgehead atoms. The van der Waals surface area contributed by atoms with Crippen LogP contribution in [-0.2, 0) is 13.6 Å². The summed E-state index contributed by atoms with van der Waals surface area (Å²) in [4.78, 5) is 8.33. The van der Waals surface area contributed by atoms with Gasteiger partial charge in [0.2, 0.25) is 0 Å². The van der Waals surface area contributed by atoms with Crippen LogP contribution in [0.1, 0.15) is 6.92 Å². The lowest BCUT2D eigenvalue weighted by Gasteiger charge is -2.07. The predicted octanol–water partition coefficient (Wildman–Crippen LogP) is 1.11. The van der Waals surface area contributed by atoms with Crippen LogP contribution in [0.2, 0.25) is 0 Å². The first-order chi connectivity index (χ1) is 4.33. The van der Waals surface area contributed by atoms with Gasteiger partial charge in [0.05, 0.1) is 0 Å². The van der Waals surface area contributed by atoms with Gasteiger partial charge in [0.25, 0.3) is 0 Å². The molecule has 1 aliphatic heterocycles. The smallest absolute Gasteiger partial charge is 0.302 e. The molecule has 0 spiro atoms. The third-order valence-corrected chi connectivity index (χ3v) is 2.06. The number of phosphoric ester groups is 1. The summed E-state index contributed by atoms with van der Waals surface area (Å²) >= 11 is 0. The minimum atomic E-state index is -4.47. The minimum absolute atomic E-state index is 0.954. The lowest BCUT2D eigenvalue weighted by Crippen LogP contribution is -2.26. The average molecular weight is 174 g/mol. The number of halogens is 2. The Hall–Kier alpha value is -0.0300. The Morgan fingerprint density at radius 3 is 2.30 bits per heavy atom. The maximum atomic E-state index is 12.2. The van der Waals surface area contributed by atoms with E-state index in [1.54, 1.807) is 0 Å². The normalized spacial score (nSPS) is 45.8. The fraction of sp³-hybridized carbons (Fsp3) is 1.00. The largest absolute Gasteiger partial charge is 0.477 e. The summed E-state index contributed by atoms with van der Waals surface area (Å²) in [7, 11) is -4.47. The quantitative estimate of drug-likeness (QED) is 0.559. The Bertz CT molecular complexity index is 193. The summed E-state index contributed by atoms with van der Waals surface area (Å²) in [5, 5.41) is 0. The van der Waals surface area contributed by atoms with E-state index in [2.05, 4.69) is 9.05 Å². The van der Waals surface area contributed by atoms with Crippen LogP contribution < -0.4 is 0 Å². The van der Waals surface area contributed by atoms with Crippen LogP contribution in [0.25, 0.3) is 0 Å². The maximum Gasteiger partial charge on any atom is 0.477 e. The standard InChI is InChI=1S/C3H5F2O4P/c1-2-3(4,5)9-10(6,7)8-2/h2H,1H3,(H,6,7). The van der Waals surface area contributed by atoms with Gasteiger partial charge in [0, 0.05) is 0 Å². The summed E-state index contributed by atoms with van der Waals surface area (Å²) < 4.78 is 41.9. The molecule has 60 valence electrons. The first-order valence-electron chi connectivity index (χ1n) is 2.43. The lowest BCUT2D eigenvalue weighted by molar-refractivity contribution is -0.189. The molecule has 10 heavy (non-hydrogen) atoms. The molecule has 1 N–H and O–H groups in total. The fourth-order valence-corrected chi connectivity index (χ4v) is 1.53. The molecule has 2 atom stereocenters. The van der Waals surface area contributed by atoms with Crippen LogP contribution in [0.15, 0.2) is 0 Å². The molecule has 1 fully saturated rings. The lowest BCUT2D eigenvalue weighted by atomic mass is 10.4. The van der Waals surface area contributed by atoms with Crippen molar-refractivity contribution in [3.8, 4) is 0 Å². The second-order valence-electron chi connectivity index (χ2n) is 1.87. The zero-order chi connectivity index (χ0) is 7.99. The summed E-state index contributed by atoms with van der Waals surface area (Å²) in [5.74, 6) is 0. The van der Waals surface area contributed by atoms with Gasteiger partial charge in [0.15, 0.2) is 6.10 Å². The number of phosphoric acid groups is 1. The van der Waals surface area contributed by atoms with Crippen LogP contribution >= 0.6 is 7.82 Å². The van der Waals surface area contributed by atoms with E-state index in [4.69, 9.17) is 4.89 Å². The molecule has 1 heterocycles. The molecule has 0 aromatic heterocycles. The average Bonchev–Trinajstić information content (AvgIpc) is 1.73. The van der Waals surface area contributed by atoms with Crippen molar-refractivity contribution < 1.29 is 27.3 Å². The van der Waals surface area contributed by atoms with Gasteiger partial charge in [-0.2, -0.15) is 8.78 Å². The van der Waals surface area contributed by atoms with E-state index >= 15 is 0 Å². The van der Waals surface area contributed by atoms with Crippen molar-refractivity contribution >= 4 is 7.82 Å². The Morgan fingerprint density at radius 1 is 1.70 bits per heavy atom. The van der Waals surface area contributed by atoms with Gasteiger partial charge < -0.3 is 4.89 Å². The Balaban J connectivity index is 2.81. The van der Waals surface area contributed by atoms with Crippen LogP contribution in [0.3, 0.4) is 0 Å². The van der Waals surface area contributed by atoms with E-state index in [0.29, 0.717) is 0 Å². The van der Waals surface area contributed by atoms with Crippen molar-refractivity contribution in [2.45, 2.75) is 19.1 Å². The zero-order valence-electron chi connectivity index (χ0n) is 4.95. The highest BCUT2D eigenvalue weighted by atomic mass is 31.2. The molecule has 4 nitrogen and oxygen atoms in total. The molecule has 0 aromatic rings. The highest BCUT2D eigenvalue weighted by molar-refractivity contribution is 7.47. The van der Waals surface area contributed by atoms with Gasteiger partial charge >= 0.3 is 13.9 Å². The van der Waals surface area contributed by atoms with Gasteiger partial charge in [0.1, 0.15) is 0 Å². The highest BCUT2D eigenvalue weighted by Gasteiger charge is 2.55. The van der Waals surface area contributed by atoms with Gasteiger partial charge in [-0.1, -0.05) is 0 Å². The second-order valence-corrected chi connectivity index (χ2v) is 3.20. The van der Waals surface area contributed by atoms with E-state index in [1.807, 2.05) is 0 Å². The minimum Gasteiger partial charge on any atom is -0.302 e. The van der Waals surface area contributed by atoms with Crippen LogP contribution in [-0.4, -0.2) is 17.1 Å². The van der Waals surface area contributed by atoms with Gasteiger partial charge in [-0.15, -0.1) is 0 Å². The van der Waals surface area contributed by atoms with Crippen molar-refractivity contribution in [2.75, 3.05) is 0 Å². The van der Waals surface area contributed by atoms with Crippen molar-refractivity contribution in [1.82, 2.24) is 0 Å². The molecule has 0 amide bonds. The molecule has 1 rings (SSSR count). The molecule has 1 aliphatic rings. The zero-order valence-corrected chi connectivity index (χ0v) is 5.85. The van der Waals surface area contributed by atoms with Crippen molar-refractivity contribution in [3.05, 3.63) is 0 Å². The molecular formula is C3H5F2O4P. The second kappa shape index (κ2) is 1.98. The molecule has 1 saturated heterocycles. The molecule has 7 heteroatoms. The number of hydrogen-bond acceptors (Lipinski definition) is 3. The van der Waals surface area contributed by atoms with Crippen molar-refractivity contribution in [2.24, 2.45) is 0 Å². The number of rotatable bonds is 0. The van der Waals surface area contributed by atoms with E-state index < -0.39 is 20.0 Å². The summed E-state index contributed by atoms with van der Waals surface area (Å²) in [6.45, 7) is 0.954. The fourth-order valence-electron chi connectivity index (χ4n) is 0.511. The molecule has 0 aliphatic carbocycles.